The monoisotopic (exact) mass is 534 g/mol. The smallest absolute Gasteiger partial charge is 0.201 e. The van der Waals surface area contributed by atoms with Gasteiger partial charge in [0.2, 0.25) is 11.6 Å². The van der Waals surface area contributed by atoms with Gasteiger partial charge in [-0.25, -0.2) is 17.6 Å². The van der Waals surface area contributed by atoms with E-state index in [0.29, 0.717) is 43.2 Å². The number of allylic oxidation sites excluding steroid dienone is 2. The van der Waals surface area contributed by atoms with E-state index >= 15 is 0 Å². The Labute approximate surface area is 217 Å². The summed E-state index contributed by atoms with van der Waals surface area (Å²) in [6, 6.07) is 7.79. The molecule has 1 atom stereocenters. The van der Waals surface area contributed by atoms with Crippen molar-refractivity contribution in [1.29, 1.82) is 0 Å². The molecule has 1 aliphatic carbocycles. The summed E-state index contributed by atoms with van der Waals surface area (Å²) in [6.07, 6.45) is 4.55. The Morgan fingerprint density at radius 3 is 1.82 bits per heavy atom. The van der Waals surface area contributed by atoms with Crippen molar-refractivity contribution < 1.29 is 35.8 Å². The molecule has 0 heterocycles. The minimum absolute atomic E-state index is 0.0502. The van der Waals surface area contributed by atoms with E-state index in [4.69, 9.17) is 9.47 Å². The van der Waals surface area contributed by atoms with Gasteiger partial charge in [0.15, 0.2) is 34.8 Å². The minimum Gasteiger partial charge on any atom is -0.491 e. The molecular weight excluding hydrogens is 506 g/mol. The average molecular weight is 535 g/mol. The normalized spacial score (nSPS) is 15.4. The molecule has 202 valence electrons. The molecule has 1 unspecified atom stereocenters. The average Bonchev–Trinajstić information content (AvgIpc) is 2.92. The van der Waals surface area contributed by atoms with Crippen molar-refractivity contribution in [3.63, 3.8) is 0 Å². The molecule has 8 heteroatoms. The van der Waals surface area contributed by atoms with Crippen LogP contribution in [0.3, 0.4) is 0 Å². The zero-order valence-electron chi connectivity index (χ0n) is 21.2. The molecule has 0 aliphatic heterocycles. The number of aryl methyl sites for hydroxylation is 1. The Morgan fingerprint density at radius 1 is 0.684 bits per heavy atom. The van der Waals surface area contributed by atoms with Crippen LogP contribution in [-0.4, -0.2) is 13.2 Å². The number of benzene rings is 3. The lowest BCUT2D eigenvalue weighted by Gasteiger charge is -2.23. The lowest BCUT2D eigenvalue weighted by molar-refractivity contribution is 0.228. The number of hydrogen-bond acceptors (Lipinski definition) is 2. The van der Waals surface area contributed by atoms with Gasteiger partial charge in [0.05, 0.1) is 13.2 Å². The summed E-state index contributed by atoms with van der Waals surface area (Å²) >= 11 is 0. The second kappa shape index (κ2) is 12.0. The molecule has 4 rings (SSSR count). The maximum atomic E-state index is 14.8. The van der Waals surface area contributed by atoms with Crippen LogP contribution in [-0.2, 0) is 6.42 Å². The van der Waals surface area contributed by atoms with E-state index in [2.05, 4.69) is 0 Å². The molecule has 0 spiro atoms. The van der Waals surface area contributed by atoms with E-state index in [1.807, 2.05) is 13.0 Å². The summed E-state index contributed by atoms with van der Waals surface area (Å²) in [6.45, 7) is 3.69. The fourth-order valence-electron chi connectivity index (χ4n) is 4.65. The van der Waals surface area contributed by atoms with Gasteiger partial charge < -0.3 is 9.47 Å². The number of halogens is 6. The zero-order chi connectivity index (χ0) is 27.4. The van der Waals surface area contributed by atoms with Gasteiger partial charge in [-0.15, -0.1) is 0 Å². The van der Waals surface area contributed by atoms with Crippen molar-refractivity contribution >= 4 is 5.57 Å². The lowest BCUT2D eigenvalue weighted by Crippen LogP contribution is -2.16. The molecule has 0 saturated carbocycles. The zero-order valence-corrected chi connectivity index (χ0v) is 21.2. The van der Waals surface area contributed by atoms with E-state index < -0.39 is 46.0 Å². The highest BCUT2D eigenvalue weighted by Crippen LogP contribution is 2.36. The first-order valence-corrected chi connectivity index (χ1v) is 12.6. The molecule has 3 aromatic carbocycles. The minimum atomic E-state index is -1.36. The van der Waals surface area contributed by atoms with Crippen LogP contribution >= 0.6 is 0 Å². The van der Waals surface area contributed by atoms with Gasteiger partial charge in [-0.2, -0.15) is 8.78 Å². The Bertz CT molecular complexity index is 1350. The van der Waals surface area contributed by atoms with Gasteiger partial charge in [0.25, 0.3) is 0 Å². The summed E-state index contributed by atoms with van der Waals surface area (Å²) in [5.74, 6) is -7.69. The lowest BCUT2D eigenvalue weighted by atomic mass is 9.86. The van der Waals surface area contributed by atoms with Crippen LogP contribution in [0.1, 0.15) is 50.7 Å². The van der Waals surface area contributed by atoms with Gasteiger partial charge in [-0.05, 0) is 73.9 Å². The Kier molecular flexibility index (Phi) is 8.69. The largest absolute Gasteiger partial charge is 0.491 e. The van der Waals surface area contributed by atoms with Crippen molar-refractivity contribution in [2.75, 3.05) is 13.2 Å². The Morgan fingerprint density at radius 2 is 1.26 bits per heavy atom. The van der Waals surface area contributed by atoms with Crippen molar-refractivity contribution in [3.8, 4) is 22.6 Å². The van der Waals surface area contributed by atoms with Crippen LogP contribution in [0, 0.1) is 40.8 Å². The molecule has 0 fully saturated rings. The van der Waals surface area contributed by atoms with Crippen LogP contribution in [0.2, 0.25) is 0 Å². The molecule has 2 nitrogen and oxygen atoms in total. The molecule has 0 N–H and O–H groups in total. The molecule has 0 saturated heterocycles. The second-order valence-corrected chi connectivity index (χ2v) is 9.24. The standard InChI is InChI=1S/C30H28F6O2/c1-3-5-19-10-11-20(26(32)25(19)31)18-8-6-17(7-9-18)16-38-24-15-13-22(28(34)30(24)36)21-12-14-23(37-4-2)29(35)27(21)33/h8,10-15,17H,3-7,9,16H2,1-2H3. The number of rotatable bonds is 9. The first-order chi connectivity index (χ1) is 18.3. The second-order valence-electron chi connectivity index (χ2n) is 9.24. The van der Waals surface area contributed by atoms with Crippen molar-refractivity contribution in [2.45, 2.75) is 46.0 Å². The summed E-state index contributed by atoms with van der Waals surface area (Å²) in [5.41, 5.74) is 0.409. The number of hydrogen-bond donors (Lipinski definition) is 0. The highest BCUT2D eigenvalue weighted by atomic mass is 19.2. The van der Waals surface area contributed by atoms with E-state index in [1.165, 1.54) is 6.07 Å². The topological polar surface area (TPSA) is 18.5 Å². The molecule has 38 heavy (non-hydrogen) atoms. The molecule has 1 aliphatic rings. The third kappa shape index (κ3) is 5.54. The van der Waals surface area contributed by atoms with Crippen molar-refractivity contribution in [2.24, 2.45) is 5.92 Å². The Balaban J connectivity index is 1.44. The fraction of sp³-hybridized carbons (Fsp3) is 0.333. The third-order valence-corrected chi connectivity index (χ3v) is 6.71. The van der Waals surface area contributed by atoms with Crippen LogP contribution in [0.25, 0.3) is 16.7 Å². The summed E-state index contributed by atoms with van der Waals surface area (Å²) < 4.78 is 97.7. The quantitative estimate of drug-likeness (QED) is 0.256. The van der Waals surface area contributed by atoms with Gasteiger partial charge >= 0.3 is 0 Å². The summed E-state index contributed by atoms with van der Waals surface area (Å²) in [5, 5.41) is 0. The molecular formula is C30H28F6O2. The van der Waals surface area contributed by atoms with Gasteiger partial charge in [0, 0.05) is 16.7 Å². The third-order valence-electron chi connectivity index (χ3n) is 6.71. The molecule has 0 bridgehead atoms. The van der Waals surface area contributed by atoms with Crippen molar-refractivity contribution in [1.82, 2.24) is 0 Å². The van der Waals surface area contributed by atoms with Crippen molar-refractivity contribution in [3.05, 3.63) is 88.5 Å². The van der Waals surface area contributed by atoms with Gasteiger partial charge in [-0.1, -0.05) is 31.6 Å². The van der Waals surface area contributed by atoms with Gasteiger partial charge in [0.1, 0.15) is 0 Å². The molecule has 3 aromatic rings. The van der Waals surface area contributed by atoms with Gasteiger partial charge in [-0.3, -0.25) is 0 Å². The highest BCUT2D eigenvalue weighted by Gasteiger charge is 2.24. The predicted molar refractivity (Wildman–Crippen MR) is 134 cm³/mol. The van der Waals surface area contributed by atoms with Crippen LogP contribution in [0.5, 0.6) is 11.5 Å². The van der Waals surface area contributed by atoms with E-state index in [-0.39, 0.29) is 36.2 Å². The number of ether oxygens (including phenoxy) is 2. The fourth-order valence-corrected chi connectivity index (χ4v) is 4.65. The molecule has 0 aromatic heterocycles. The molecule has 0 amide bonds. The maximum absolute atomic E-state index is 14.8. The summed E-state index contributed by atoms with van der Waals surface area (Å²) in [4.78, 5) is 0. The summed E-state index contributed by atoms with van der Waals surface area (Å²) in [7, 11) is 0. The van der Waals surface area contributed by atoms with Crippen LogP contribution in [0.4, 0.5) is 26.3 Å². The van der Waals surface area contributed by atoms with Crippen LogP contribution in [0.15, 0.2) is 42.5 Å². The SMILES string of the molecule is CCCc1ccc(C2=CCC(COc3ccc(-c4ccc(OCC)c(F)c4F)c(F)c3F)CC2)c(F)c1F. The van der Waals surface area contributed by atoms with E-state index in [9.17, 15) is 26.3 Å². The molecule has 0 radical (unpaired) electrons. The maximum Gasteiger partial charge on any atom is 0.201 e. The van der Waals surface area contributed by atoms with E-state index in [1.54, 1.807) is 19.1 Å². The highest BCUT2D eigenvalue weighted by molar-refractivity contribution is 5.68. The van der Waals surface area contributed by atoms with Crippen LogP contribution < -0.4 is 9.47 Å². The first kappa shape index (κ1) is 27.6. The predicted octanol–water partition coefficient (Wildman–Crippen LogP) is 8.80. The first-order valence-electron chi connectivity index (χ1n) is 12.6. The Hall–Kier alpha value is -3.42. The van der Waals surface area contributed by atoms with E-state index in [0.717, 1.165) is 18.2 Å².